The monoisotopic (exact) mass is 357 g/mol. The van der Waals surface area contributed by atoms with Crippen molar-refractivity contribution in [2.24, 2.45) is 0 Å². The standard InChI is InChI=1S/C18H16ClN3OS/c1-21(2)13-9-7-12(8-10-13)11-15-17(23)22(18(24)20-15)16-6-4-3-5-14(16)19/h3-11H,1-2H3,(H,20,24)/b15-11-. The van der Waals surface area contributed by atoms with Crippen LogP contribution >= 0.6 is 23.8 Å². The largest absolute Gasteiger partial charge is 0.378 e. The Hall–Kier alpha value is -2.37. The normalized spacial score (nSPS) is 15.8. The lowest BCUT2D eigenvalue weighted by Crippen LogP contribution is -2.30. The van der Waals surface area contributed by atoms with Crippen molar-refractivity contribution in [3.05, 3.63) is 64.8 Å². The number of carbonyl (C=O) groups excluding carboxylic acids is 1. The van der Waals surface area contributed by atoms with E-state index in [1.54, 1.807) is 18.2 Å². The molecule has 0 unspecified atom stereocenters. The molecular weight excluding hydrogens is 342 g/mol. The molecule has 4 nitrogen and oxygen atoms in total. The topological polar surface area (TPSA) is 35.6 Å². The van der Waals surface area contributed by atoms with Crippen molar-refractivity contribution in [3.8, 4) is 0 Å². The van der Waals surface area contributed by atoms with Gasteiger partial charge in [-0.15, -0.1) is 0 Å². The molecule has 1 N–H and O–H groups in total. The molecule has 0 saturated carbocycles. The molecule has 1 heterocycles. The minimum absolute atomic E-state index is 0.218. The van der Waals surface area contributed by atoms with Gasteiger partial charge in [0.2, 0.25) is 0 Å². The Balaban J connectivity index is 1.90. The van der Waals surface area contributed by atoms with E-state index in [2.05, 4.69) is 5.32 Å². The van der Waals surface area contributed by atoms with Crippen LogP contribution in [0.2, 0.25) is 5.02 Å². The van der Waals surface area contributed by atoms with E-state index in [4.69, 9.17) is 23.8 Å². The Kier molecular flexibility index (Phi) is 4.55. The van der Waals surface area contributed by atoms with Gasteiger partial charge in [-0.2, -0.15) is 0 Å². The van der Waals surface area contributed by atoms with E-state index in [1.165, 1.54) is 4.90 Å². The number of para-hydroxylation sites is 1. The average Bonchev–Trinajstić information content (AvgIpc) is 2.83. The van der Waals surface area contributed by atoms with Crippen LogP contribution in [0.15, 0.2) is 54.2 Å². The molecule has 0 bridgehead atoms. The average molecular weight is 358 g/mol. The zero-order valence-electron chi connectivity index (χ0n) is 13.3. The number of anilines is 2. The molecule has 0 atom stereocenters. The van der Waals surface area contributed by atoms with Crippen LogP contribution < -0.4 is 15.1 Å². The van der Waals surface area contributed by atoms with Crippen LogP contribution in [0.1, 0.15) is 5.56 Å². The number of nitrogens with zero attached hydrogens (tertiary/aromatic N) is 2. The number of hydrogen-bond acceptors (Lipinski definition) is 3. The van der Waals surface area contributed by atoms with E-state index in [9.17, 15) is 4.79 Å². The van der Waals surface area contributed by atoms with Crippen molar-refractivity contribution in [1.29, 1.82) is 0 Å². The van der Waals surface area contributed by atoms with Gasteiger partial charge in [0.25, 0.3) is 5.91 Å². The van der Waals surface area contributed by atoms with Crippen molar-refractivity contribution in [2.75, 3.05) is 23.9 Å². The summed E-state index contributed by atoms with van der Waals surface area (Å²) < 4.78 is 0. The van der Waals surface area contributed by atoms with Crippen LogP contribution in [0.3, 0.4) is 0 Å². The predicted octanol–water partition coefficient (Wildman–Crippen LogP) is 3.67. The minimum atomic E-state index is -0.218. The summed E-state index contributed by atoms with van der Waals surface area (Å²) in [5.41, 5.74) is 3.02. The maximum absolute atomic E-state index is 12.7. The summed E-state index contributed by atoms with van der Waals surface area (Å²) in [5.74, 6) is -0.218. The molecule has 2 aromatic carbocycles. The zero-order valence-corrected chi connectivity index (χ0v) is 14.9. The van der Waals surface area contributed by atoms with E-state index in [-0.39, 0.29) is 5.91 Å². The van der Waals surface area contributed by atoms with Gasteiger partial charge in [0, 0.05) is 19.8 Å². The lowest BCUT2D eigenvalue weighted by atomic mass is 10.1. The maximum atomic E-state index is 12.7. The first-order valence-electron chi connectivity index (χ1n) is 7.36. The van der Waals surface area contributed by atoms with Crippen molar-refractivity contribution in [1.82, 2.24) is 5.32 Å². The van der Waals surface area contributed by atoms with Gasteiger partial charge in [-0.3, -0.25) is 9.69 Å². The quantitative estimate of drug-likeness (QED) is 0.671. The highest BCUT2D eigenvalue weighted by atomic mass is 35.5. The van der Waals surface area contributed by atoms with Gasteiger partial charge in [0.1, 0.15) is 5.70 Å². The third kappa shape index (κ3) is 3.13. The highest BCUT2D eigenvalue weighted by Gasteiger charge is 2.32. The molecule has 1 saturated heterocycles. The number of benzene rings is 2. The number of amides is 1. The van der Waals surface area contributed by atoms with E-state index >= 15 is 0 Å². The van der Waals surface area contributed by atoms with Crippen molar-refractivity contribution >= 4 is 52.3 Å². The highest BCUT2D eigenvalue weighted by molar-refractivity contribution is 7.80. The van der Waals surface area contributed by atoms with Gasteiger partial charge in [-0.05, 0) is 48.1 Å². The number of rotatable bonds is 3. The molecule has 2 aromatic rings. The Bertz CT molecular complexity index is 830. The number of hydrogen-bond donors (Lipinski definition) is 1. The first kappa shape index (κ1) is 16.5. The summed E-state index contributed by atoms with van der Waals surface area (Å²) in [4.78, 5) is 16.1. The number of halogens is 1. The fourth-order valence-electron chi connectivity index (χ4n) is 2.42. The van der Waals surface area contributed by atoms with Crippen LogP contribution in [-0.2, 0) is 4.79 Å². The molecule has 0 spiro atoms. The van der Waals surface area contributed by atoms with Crippen molar-refractivity contribution in [3.63, 3.8) is 0 Å². The molecule has 24 heavy (non-hydrogen) atoms. The third-order valence-corrected chi connectivity index (χ3v) is 4.30. The minimum Gasteiger partial charge on any atom is -0.378 e. The predicted molar refractivity (Wildman–Crippen MR) is 103 cm³/mol. The Morgan fingerprint density at radius 1 is 1.12 bits per heavy atom. The van der Waals surface area contributed by atoms with Crippen molar-refractivity contribution < 1.29 is 4.79 Å². The lowest BCUT2D eigenvalue weighted by Gasteiger charge is -2.15. The second-order valence-electron chi connectivity index (χ2n) is 5.57. The highest BCUT2D eigenvalue weighted by Crippen LogP contribution is 2.29. The van der Waals surface area contributed by atoms with Crippen LogP contribution in [-0.4, -0.2) is 25.1 Å². The molecule has 3 rings (SSSR count). The summed E-state index contributed by atoms with van der Waals surface area (Å²) in [5, 5.41) is 3.77. The van der Waals surface area contributed by atoms with Gasteiger partial charge in [-0.25, -0.2) is 0 Å². The third-order valence-electron chi connectivity index (χ3n) is 3.69. The molecule has 0 radical (unpaired) electrons. The van der Waals surface area contributed by atoms with Crippen LogP contribution in [0, 0.1) is 0 Å². The second-order valence-corrected chi connectivity index (χ2v) is 6.36. The van der Waals surface area contributed by atoms with Gasteiger partial charge in [0.05, 0.1) is 10.7 Å². The summed E-state index contributed by atoms with van der Waals surface area (Å²) in [6.45, 7) is 0. The number of nitrogens with one attached hydrogen (secondary N) is 1. The zero-order chi connectivity index (χ0) is 17.3. The molecule has 1 fully saturated rings. The molecule has 1 aliphatic rings. The van der Waals surface area contributed by atoms with Crippen LogP contribution in [0.5, 0.6) is 0 Å². The van der Waals surface area contributed by atoms with Gasteiger partial charge in [0.15, 0.2) is 5.11 Å². The van der Waals surface area contributed by atoms with Gasteiger partial charge in [-0.1, -0.05) is 35.9 Å². The molecule has 1 aliphatic heterocycles. The Morgan fingerprint density at radius 2 is 1.79 bits per heavy atom. The molecule has 0 aliphatic carbocycles. The first-order valence-corrected chi connectivity index (χ1v) is 8.15. The van der Waals surface area contributed by atoms with E-state index in [0.717, 1.165) is 11.3 Å². The second kappa shape index (κ2) is 6.63. The molecule has 1 amide bonds. The van der Waals surface area contributed by atoms with Crippen LogP contribution in [0.25, 0.3) is 6.08 Å². The fraction of sp³-hybridized carbons (Fsp3) is 0.111. The summed E-state index contributed by atoms with van der Waals surface area (Å²) >= 11 is 11.5. The van der Waals surface area contributed by atoms with Gasteiger partial charge >= 0.3 is 0 Å². The number of carbonyl (C=O) groups is 1. The smallest absolute Gasteiger partial charge is 0.281 e. The molecular formula is C18H16ClN3OS. The molecule has 0 aromatic heterocycles. The van der Waals surface area contributed by atoms with Crippen LogP contribution in [0.4, 0.5) is 11.4 Å². The van der Waals surface area contributed by atoms with Crippen molar-refractivity contribution in [2.45, 2.75) is 0 Å². The summed E-state index contributed by atoms with van der Waals surface area (Å²) in [7, 11) is 3.96. The SMILES string of the molecule is CN(C)c1ccc(/C=C2\NC(=S)N(c3ccccc3Cl)C2=O)cc1. The fourth-order valence-corrected chi connectivity index (χ4v) is 2.93. The van der Waals surface area contributed by atoms with E-state index in [1.807, 2.05) is 55.4 Å². The first-order chi connectivity index (χ1) is 11.5. The lowest BCUT2D eigenvalue weighted by molar-refractivity contribution is -0.113. The Labute approximate surface area is 151 Å². The van der Waals surface area contributed by atoms with E-state index < -0.39 is 0 Å². The summed E-state index contributed by atoms with van der Waals surface area (Å²) in [6, 6.07) is 15.0. The number of thiocarbonyl (C=S) groups is 1. The van der Waals surface area contributed by atoms with Gasteiger partial charge < -0.3 is 10.2 Å². The molecule has 6 heteroatoms. The summed E-state index contributed by atoms with van der Waals surface area (Å²) in [6.07, 6.45) is 1.78. The van der Waals surface area contributed by atoms with E-state index in [0.29, 0.717) is 21.5 Å². The molecule has 122 valence electrons. The maximum Gasteiger partial charge on any atom is 0.281 e. The Morgan fingerprint density at radius 3 is 2.42 bits per heavy atom.